The molecule has 1 aliphatic rings. The van der Waals surface area contributed by atoms with E-state index in [4.69, 9.17) is 4.99 Å². The van der Waals surface area contributed by atoms with Crippen molar-refractivity contribution in [3.8, 4) is 0 Å². The number of hydrogen-bond acceptors (Lipinski definition) is 4. The van der Waals surface area contributed by atoms with Gasteiger partial charge in [0.2, 0.25) is 0 Å². The molecule has 154 valence electrons. The lowest BCUT2D eigenvalue weighted by Gasteiger charge is -2.20. The molecule has 3 N–H and O–H groups in total. The van der Waals surface area contributed by atoms with Crippen LogP contribution in [-0.2, 0) is 0 Å². The molecule has 0 amide bonds. The van der Waals surface area contributed by atoms with Crippen LogP contribution in [0, 0.1) is 11.7 Å². The van der Waals surface area contributed by atoms with E-state index in [0.717, 1.165) is 44.7 Å². The molecule has 2 rings (SSSR count). The van der Waals surface area contributed by atoms with E-state index in [0.29, 0.717) is 24.8 Å². The van der Waals surface area contributed by atoms with E-state index >= 15 is 0 Å². The van der Waals surface area contributed by atoms with Crippen LogP contribution < -0.4 is 15.5 Å². The van der Waals surface area contributed by atoms with Gasteiger partial charge < -0.3 is 20.6 Å². The Bertz CT molecular complexity index is 569. The lowest BCUT2D eigenvalue weighted by molar-refractivity contribution is 0.253. The summed E-state index contributed by atoms with van der Waals surface area (Å²) in [5.41, 5.74) is 0. The Kier molecular flexibility index (Phi) is 11.6. The molecule has 0 aliphatic carbocycles. The largest absolute Gasteiger partial charge is 0.396 e. The summed E-state index contributed by atoms with van der Waals surface area (Å²) < 4.78 is 13.9. The number of pyridine rings is 1. The minimum Gasteiger partial charge on any atom is -0.396 e. The molecule has 1 saturated heterocycles. The van der Waals surface area contributed by atoms with Gasteiger partial charge in [0.15, 0.2) is 17.6 Å². The SMILES string of the molecule is CCCC(CCO)CN=C(NCC)NC1CCN(c2ncccc2F)C1.I. The van der Waals surface area contributed by atoms with E-state index in [-0.39, 0.29) is 42.4 Å². The van der Waals surface area contributed by atoms with Gasteiger partial charge in [0, 0.05) is 45.0 Å². The van der Waals surface area contributed by atoms with Gasteiger partial charge in [0.25, 0.3) is 0 Å². The number of rotatable bonds is 9. The van der Waals surface area contributed by atoms with Crippen molar-refractivity contribution in [2.24, 2.45) is 10.9 Å². The molecule has 8 heteroatoms. The molecule has 0 saturated carbocycles. The minimum absolute atomic E-state index is 0. The van der Waals surface area contributed by atoms with Crippen LogP contribution in [0.1, 0.15) is 39.5 Å². The normalized spacial score (nSPS) is 18.1. The standard InChI is InChI=1S/C19H32FN5O.HI/c1-3-6-15(9-12-26)13-23-19(21-4-2)24-16-8-11-25(14-16)18-17(20)7-5-10-22-18;/h5,7,10,15-16,26H,3-4,6,8-9,11-14H2,1-2H3,(H2,21,23,24);1H. The zero-order chi connectivity index (χ0) is 18.8. The highest BCUT2D eigenvalue weighted by molar-refractivity contribution is 14.0. The van der Waals surface area contributed by atoms with Crippen LogP contribution in [0.3, 0.4) is 0 Å². The van der Waals surface area contributed by atoms with Crippen LogP contribution in [0.25, 0.3) is 0 Å². The van der Waals surface area contributed by atoms with Gasteiger partial charge in [-0.05, 0) is 44.2 Å². The third-order valence-electron chi connectivity index (χ3n) is 4.65. The van der Waals surface area contributed by atoms with Gasteiger partial charge in [0.05, 0.1) is 0 Å². The van der Waals surface area contributed by atoms with Gasteiger partial charge in [-0.3, -0.25) is 4.99 Å². The van der Waals surface area contributed by atoms with Gasteiger partial charge >= 0.3 is 0 Å². The third-order valence-corrected chi connectivity index (χ3v) is 4.65. The van der Waals surface area contributed by atoms with Crippen LogP contribution in [0.5, 0.6) is 0 Å². The van der Waals surface area contributed by atoms with Crippen molar-refractivity contribution in [2.45, 2.75) is 45.6 Å². The number of aliphatic imine (C=N–C) groups is 1. The fourth-order valence-corrected chi connectivity index (χ4v) is 3.33. The summed E-state index contributed by atoms with van der Waals surface area (Å²) in [7, 11) is 0. The lowest BCUT2D eigenvalue weighted by Crippen LogP contribution is -2.45. The molecule has 0 spiro atoms. The second-order valence-corrected chi connectivity index (χ2v) is 6.77. The maximum Gasteiger partial charge on any atom is 0.191 e. The van der Waals surface area contributed by atoms with Crippen LogP contribution in [0.15, 0.2) is 23.3 Å². The Morgan fingerprint density at radius 1 is 1.44 bits per heavy atom. The number of nitrogens with zero attached hydrogens (tertiary/aromatic N) is 3. The fourth-order valence-electron chi connectivity index (χ4n) is 3.33. The summed E-state index contributed by atoms with van der Waals surface area (Å²) >= 11 is 0. The van der Waals surface area contributed by atoms with Crippen LogP contribution in [0.4, 0.5) is 10.2 Å². The molecule has 1 aliphatic heterocycles. The summed E-state index contributed by atoms with van der Waals surface area (Å²) in [4.78, 5) is 10.8. The van der Waals surface area contributed by atoms with Crippen molar-refractivity contribution >= 4 is 35.8 Å². The maximum absolute atomic E-state index is 13.9. The van der Waals surface area contributed by atoms with Gasteiger partial charge in [0.1, 0.15) is 0 Å². The highest BCUT2D eigenvalue weighted by atomic mass is 127. The number of aliphatic hydroxyl groups is 1. The van der Waals surface area contributed by atoms with Crippen molar-refractivity contribution in [1.29, 1.82) is 0 Å². The number of anilines is 1. The van der Waals surface area contributed by atoms with Crippen molar-refractivity contribution in [1.82, 2.24) is 15.6 Å². The summed E-state index contributed by atoms with van der Waals surface area (Å²) in [6, 6.07) is 3.26. The van der Waals surface area contributed by atoms with Gasteiger partial charge in [-0.1, -0.05) is 13.3 Å². The van der Waals surface area contributed by atoms with Crippen molar-refractivity contribution < 1.29 is 9.50 Å². The Hall–Kier alpha value is -1.16. The monoisotopic (exact) mass is 493 g/mol. The van der Waals surface area contributed by atoms with Gasteiger partial charge in [-0.2, -0.15) is 0 Å². The summed E-state index contributed by atoms with van der Waals surface area (Å²) in [5, 5.41) is 15.9. The number of halogens is 2. The number of aliphatic hydroxyl groups excluding tert-OH is 1. The van der Waals surface area contributed by atoms with Gasteiger partial charge in [-0.15, -0.1) is 24.0 Å². The highest BCUT2D eigenvalue weighted by Gasteiger charge is 2.26. The number of guanidine groups is 1. The molecule has 0 aromatic carbocycles. The second kappa shape index (κ2) is 13.1. The van der Waals surface area contributed by atoms with Crippen LogP contribution >= 0.6 is 24.0 Å². The summed E-state index contributed by atoms with van der Waals surface area (Å²) in [6.45, 7) is 7.36. The Morgan fingerprint density at radius 2 is 2.26 bits per heavy atom. The molecule has 0 bridgehead atoms. The first-order chi connectivity index (χ1) is 12.7. The first-order valence-electron chi connectivity index (χ1n) is 9.69. The Balaban J connectivity index is 0.00000364. The molecular weight excluding hydrogens is 460 g/mol. The summed E-state index contributed by atoms with van der Waals surface area (Å²) in [6.07, 6.45) is 5.49. The van der Waals surface area contributed by atoms with Gasteiger partial charge in [-0.25, -0.2) is 9.37 Å². The topological polar surface area (TPSA) is 72.8 Å². The van der Waals surface area contributed by atoms with Crippen molar-refractivity contribution in [2.75, 3.05) is 37.7 Å². The lowest BCUT2D eigenvalue weighted by atomic mass is 10.0. The molecule has 2 unspecified atom stereocenters. The molecule has 1 aromatic heterocycles. The predicted octanol–water partition coefficient (Wildman–Crippen LogP) is 2.77. The van der Waals surface area contributed by atoms with E-state index < -0.39 is 0 Å². The summed E-state index contributed by atoms with van der Waals surface area (Å²) in [5.74, 6) is 1.34. The predicted molar refractivity (Wildman–Crippen MR) is 119 cm³/mol. The van der Waals surface area contributed by atoms with E-state index in [9.17, 15) is 9.50 Å². The Morgan fingerprint density at radius 3 is 2.93 bits per heavy atom. The molecular formula is C19H33FIN5O. The smallest absolute Gasteiger partial charge is 0.191 e. The average Bonchev–Trinajstić information content (AvgIpc) is 3.08. The molecule has 2 atom stereocenters. The average molecular weight is 493 g/mol. The number of hydrogen-bond donors (Lipinski definition) is 3. The van der Waals surface area contributed by atoms with Crippen molar-refractivity contribution in [3.63, 3.8) is 0 Å². The first kappa shape index (κ1) is 23.9. The molecule has 0 radical (unpaired) electrons. The number of nitrogens with one attached hydrogen (secondary N) is 2. The highest BCUT2D eigenvalue weighted by Crippen LogP contribution is 2.20. The first-order valence-corrected chi connectivity index (χ1v) is 9.69. The quantitative estimate of drug-likeness (QED) is 0.281. The van der Waals surface area contributed by atoms with Crippen LogP contribution in [-0.4, -0.2) is 54.9 Å². The van der Waals surface area contributed by atoms with Crippen LogP contribution in [0.2, 0.25) is 0 Å². The van der Waals surface area contributed by atoms with Crippen molar-refractivity contribution in [3.05, 3.63) is 24.1 Å². The van der Waals surface area contributed by atoms with E-state index in [1.54, 1.807) is 12.3 Å². The second-order valence-electron chi connectivity index (χ2n) is 6.77. The van der Waals surface area contributed by atoms with E-state index in [2.05, 4.69) is 22.5 Å². The molecule has 1 aromatic rings. The fraction of sp³-hybridized carbons (Fsp3) is 0.684. The maximum atomic E-state index is 13.9. The molecule has 1 fully saturated rings. The number of aromatic nitrogens is 1. The minimum atomic E-state index is -0.278. The molecule has 27 heavy (non-hydrogen) atoms. The van der Waals surface area contributed by atoms with E-state index in [1.807, 2.05) is 11.8 Å². The molecule has 2 heterocycles. The molecule has 6 nitrogen and oxygen atoms in total. The third kappa shape index (κ3) is 7.77. The Labute approximate surface area is 179 Å². The zero-order valence-corrected chi connectivity index (χ0v) is 18.7. The zero-order valence-electron chi connectivity index (χ0n) is 16.3. The van der Waals surface area contributed by atoms with E-state index in [1.165, 1.54) is 6.07 Å².